The zero-order chi connectivity index (χ0) is 18.1. The van der Waals surface area contributed by atoms with Crippen molar-refractivity contribution in [1.82, 2.24) is 15.5 Å². The Balaban J connectivity index is 2.60. The van der Waals surface area contributed by atoms with Crippen molar-refractivity contribution in [2.75, 3.05) is 33.8 Å². The SMILES string of the molecule is CCOc1ccc(C)cc1C(C)NC(=O)C(=O)NCCCN(C)C. The van der Waals surface area contributed by atoms with Crippen LogP contribution in [0.15, 0.2) is 18.2 Å². The maximum Gasteiger partial charge on any atom is 0.309 e. The minimum Gasteiger partial charge on any atom is -0.494 e. The first-order valence-electron chi connectivity index (χ1n) is 8.32. The quantitative estimate of drug-likeness (QED) is 0.560. The van der Waals surface area contributed by atoms with Crippen molar-refractivity contribution >= 4 is 11.8 Å². The van der Waals surface area contributed by atoms with E-state index in [4.69, 9.17) is 4.74 Å². The Kier molecular flexibility index (Phi) is 8.26. The lowest BCUT2D eigenvalue weighted by Gasteiger charge is -2.18. The number of aryl methyl sites for hydroxylation is 1. The van der Waals surface area contributed by atoms with Crippen LogP contribution in [-0.4, -0.2) is 50.5 Å². The fourth-order valence-corrected chi connectivity index (χ4v) is 2.31. The lowest BCUT2D eigenvalue weighted by atomic mass is 10.0. The van der Waals surface area contributed by atoms with Crippen LogP contribution in [0.4, 0.5) is 0 Å². The lowest BCUT2D eigenvalue weighted by molar-refractivity contribution is -0.139. The number of rotatable bonds is 8. The Morgan fingerprint density at radius 2 is 1.96 bits per heavy atom. The molecule has 0 fully saturated rings. The average Bonchev–Trinajstić information content (AvgIpc) is 2.52. The number of hydrogen-bond acceptors (Lipinski definition) is 4. The molecule has 134 valence electrons. The highest BCUT2D eigenvalue weighted by Gasteiger charge is 2.19. The van der Waals surface area contributed by atoms with Gasteiger partial charge in [-0.25, -0.2) is 0 Å². The van der Waals surface area contributed by atoms with Crippen LogP contribution >= 0.6 is 0 Å². The van der Waals surface area contributed by atoms with E-state index in [2.05, 4.69) is 10.6 Å². The molecule has 0 aliphatic rings. The summed E-state index contributed by atoms with van der Waals surface area (Å²) in [5.41, 5.74) is 1.94. The van der Waals surface area contributed by atoms with Gasteiger partial charge in [0.05, 0.1) is 12.6 Å². The summed E-state index contributed by atoms with van der Waals surface area (Å²) >= 11 is 0. The van der Waals surface area contributed by atoms with Crippen LogP contribution in [-0.2, 0) is 9.59 Å². The Hall–Kier alpha value is -2.08. The molecule has 2 N–H and O–H groups in total. The molecule has 0 spiro atoms. The number of amides is 2. The van der Waals surface area contributed by atoms with E-state index in [1.165, 1.54) is 0 Å². The van der Waals surface area contributed by atoms with E-state index in [-0.39, 0.29) is 6.04 Å². The number of hydrogen-bond donors (Lipinski definition) is 2. The van der Waals surface area contributed by atoms with E-state index in [0.717, 1.165) is 29.8 Å². The van der Waals surface area contributed by atoms with E-state index < -0.39 is 11.8 Å². The van der Waals surface area contributed by atoms with Gasteiger partial charge in [-0.15, -0.1) is 0 Å². The van der Waals surface area contributed by atoms with Crippen LogP contribution in [0.25, 0.3) is 0 Å². The molecule has 0 aliphatic heterocycles. The zero-order valence-corrected chi connectivity index (χ0v) is 15.3. The molecule has 1 unspecified atom stereocenters. The molecule has 2 amide bonds. The van der Waals surface area contributed by atoms with Gasteiger partial charge in [-0.05, 0) is 53.9 Å². The van der Waals surface area contributed by atoms with Gasteiger partial charge in [-0.3, -0.25) is 9.59 Å². The van der Waals surface area contributed by atoms with Crippen molar-refractivity contribution in [3.05, 3.63) is 29.3 Å². The molecule has 0 saturated heterocycles. The third-order valence-electron chi connectivity index (χ3n) is 3.55. The summed E-state index contributed by atoms with van der Waals surface area (Å²) < 4.78 is 5.60. The molecule has 0 saturated carbocycles. The molecule has 0 radical (unpaired) electrons. The van der Waals surface area contributed by atoms with E-state index in [1.807, 2.05) is 58.0 Å². The second kappa shape index (κ2) is 9.93. The van der Waals surface area contributed by atoms with Crippen LogP contribution in [0.3, 0.4) is 0 Å². The Morgan fingerprint density at radius 1 is 1.25 bits per heavy atom. The third kappa shape index (κ3) is 6.58. The molecule has 1 rings (SSSR count). The Labute approximate surface area is 144 Å². The van der Waals surface area contributed by atoms with Crippen LogP contribution in [0.2, 0.25) is 0 Å². The smallest absolute Gasteiger partial charge is 0.309 e. The highest BCUT2D eigenvalue weighted by atomic mass is 16.5. The van der Waals surface area contributed by atoms with Gasteiger partial charge in [0.1, 0.15) is 5.75 Å². The summed E-state index contributed by atoms with van der Waals surface area (Å²) in [4.78, 5) is 25.9. The number of nitrogens with one attached hydrogen (secondary N) is 2. The van der Waals surface area contributed by atoms with Gasteiger partial charge >= 0.3 is 11.8 Å². The molecule has 24 heavy (non-hydrogen) atoms. The largest absolute Gasteiger partial charge is 0.494 e. The molecular weight excluding hydrogens is 306 g/mol. The molecule has 6 nitrogen and oxygen atoms in total. The predicted octanol–water partition coefficient (Wildman–Crippen LogP) is 1.64. The molecule has 1 aromatic rings. The van der Waals surface area contributed by atoms with Gasteiger partial charge in [-0.1, -0.05) is 17.7 Å². The number of carbonyl (C=O) groups excluding carboxylic acids is 2. The van der Waals surface area contributed by atoms with Gasteiger partial charge in [0.2, 0.25) is 0 Å². The highest BCUT2D eigenvalue weighted by molar-refractivity contribution is 6.35. The van der Waals surface area contributed by atoms with Crippen molar-refractivity contribution in [2.45, 2.75) is 33.2 Å². The van der Waals surface area contributed by atoms with E-state index >= 15 is 0 Å². The van der Waals surface area contributed by atoms with Crippen LogP contribution < -0.4 is 15.4 Å². The maximum absolute atomic E-state index is 12.0. The maximum atomic E-state index is 12.0. The first-order chi connectivity index (χ1) is 11.3. The second-order valence-electron chi connectivity index (χ2n) is 6.08. The van der Waals surface area contributed by atoms with Crippen LogP contribution in [0, 0.1) is 6.92 Å². The summed E-state index contributed by atoms with van der Waals surface area (Å²) in [6.07, 6.45) is 0.800. The van der Waals surface area contributed by atoms with Gasteiger partial charge in [0.25, 0.3) is 0 Å². The summed E-state index contributed by atoms with van der Waals surface area (Å²) in [6.45, 7) is 7.61. The number of carbonyl (C=O) groups is 2. The van der Waals surface area contributed by atoms with E-state index in [9.17, 15) is 9.59 Å². The first-order valence-corrected chi connectivity index (χ1v) is 8.32. The normalized spacial score (nSPS) is 11.9. The summed E-state index contributed by atoms with van der Waals surface area (Å²) in [5, 5.41) is 5.37. The van der Waals surface area contributed by atoms with E-state index in [0.29, 0.717) is 13.2 Å². The van der Waals surface area contributed by atoms with Crippen molar-refractivity contribution in [2.24, 2.45) is 0 Å². The van der Waals surface area contributed by atoms with Gasteiger partial charge in [0.15, 0.2) is 0 Å². The lowest BCUT2D eigenvalue weighted by Crippen LogP contribution is -2.41. The first kappa shape index (κ1) is 20.0. The minimum atomic E-state index is -0.628. The zero-order valence-electron chi connectivity index (χ0n) is 15.3. The highest BCUT2D eigenvalue weighted by Crippen LogP contribution is 2.26. The fraction of sp³-hybridized carbons (Fsp3) is 0.556. The monoisotopic (exact) mass is 335 g/mol. The standard InChI is InChI=1S/C18H29N3O3/c1-6-24-16-9-8-13(2)12-15(16)14(3)20-18(23)17(22)19-10-7-11-21(4)5/h8-9,12,14H,6-7,10-11H2,1-5H3,(H,19,22)(H,20,23). The van der Waals surface area contributed by atoms with Gasteiger partial charge in [-0.2, -0.15) is 0 Å². The number of benzene rings is 1. The predicted molar refractivity (Wildman–Crippen MR) is 95.1 cm³/mol. The summed E-state index contributed by atoms with van der Waals surface area (Å²) in [7, 11) is 3.93. The third-order valence-corrected chi connectivity index (χ3v) is 3.55. The molecule has 6 heteroatoms. The summed E-state index contributed by atoms with van der Waals surface area (Å²) in [5.74, 6) is -0.509. The summed E-state index contributed by atoms with van der Waals surface area (Å²) in [6, 6.07) is 5.50. The van der Waals surface area contributed by atoms with Crippen molar-refractivity contribution in [3.63, 3.8) is 0 Å². The van der Waals surface area contributed by atoms with Crippen molar-refractivity contribution in [1.29, 1.82) is 0 Å². The number of ether oxygens (including phenoxy) is 1. The number of nitrogens with zero attached hydrogens (tertiary/aromatic N) is 1. The van der Waals surface area contributed by atoms with Gasteiger partial charge in [0, 0.05) is 12.1 Å². The molecular formula is C18H29N3O3. The fourth-order valence-electron chi connectivity index (χ4n) is 2.31. The minimum absolute atomic E-state index is 0.313. The van der Waals surface area contributed by atoms with Crippen LogP contribution in [0.5, 0.6) is 5.75 Å². The average molecular weight is 335 g/mol. The molecule has 0 bridgehead atoms. The molecule has 1 aromatic carbocycles. The molecule has 0 aliphatic carbocycles. The topological polar surface area (TPSA) is 70.7 Å². The molecule has 0 aromatic heterocycles. The Morgan fingerprint density at radius 3 is 2.58 bits per heavy atom. The van der Waals surface area contributed by atoms with Crippen LogP contribution in [0.1, 0.15) is 37.4 Å². The molecule has 0 heterocycles. The van der Waals surface area contributed by atoms with Gasteiger partial charge < -0.3 is 20.3 Å². The second-order valence-corrected chi connectivity index (χ2v) is 6.08. The Bertz CT molecular complexity index is 558. The van der Waals surface area contributed by atoms with E-state index in [1.54, 1.807) is 0 Å². The van der Waals surface area contributed by atoms with Crippen molar-refractivity contribution in [3.8, 4) is 5.75 Å². The van der Waals surface area contributed by atoms with Crippen molar-refractivity contribution < 1.29 is 14.3 Å². The molecule has 1 atom stereocenters.